The summed E-state index contributed by atoms with van der Waals surface area (Å²) >= 11 is 1.61. The number of thiazole rings is 1. The van der Waals surface area contributed by atoms with E-state index in [1.54, 1.807) is 11.3 Å². The second kappa shape index (κ2) is 4.55. The Kier molecular flexibility index (Phi) is 3.06. The third-order valence-corrected chi connectivity index (χ3v) is 4.90. The minimum absolute atomic E-state index is 0.468. The first kappa shape index (κ1) is 11.4. The van der Waals surface area contributed by atoms with Crippen molar-refractivity contribution in [3.8, 4) is 0 Å². The van der Waals surface area contributed by atoms with Crippen LogP contribution in [0.15, 0.2) is 6.20 Å². The maximum atomic E-state index is 5.68. The number of methoxy groups -OCH3 is 1. The van der Waals surface area contributed by atoms with Crippen LogP contribution in [0.3, 0.4) is 0 Å². The minimum Gasteiger partial charge on any atom is -0.381 e. The molecule has 4 nitrogen and oxygen atoms in total. The zero-order valence-corrected chi connectivity index (χ0v) is 10.9. The molecule has 0 spiro atoms. The lowest BCUT2D eigenvalue weighted by Crippen LogP contribution is -2.44. The minimum atomic E-state index is 0.468. The molecule has 0 saturated carbocycles. The average Bonchev–Trinajstić information content (AvgIpc) is 2.82. The third kappa shape index (κ3) is 2.19. The predicted molar refractivity (Wildman–Crippen MR) is 68.9 cm³/mol. The normalized spacial score (nSPS) is 33.1. The summed E-state index contributed by atoms with van der Waals surface area (Å²) in [5.41, 5.74) is 5.68. The number of anilines is 1. The number of nitrogen functional groups attached to an aromatic ring is 1. The monoisotopic (exact) mass is 253 g/mol. The van der Waals surface area contributed by atoms with E-state index in [-0.39, 0.29) is 0 Å². The zero-order chi connectivity index (χ0) is 11.8. The summed E-state index contributed by atoms with van der Waals surface area (Å²) in [6.07, 6.45) is 7.39. The van der Waals surface area contributed by atoms with Gasteiger partial charge in [0.1, 0.15) is 0 Å². The second-order valence-electron chi connectivity index (χ2n) is 5.05. The molecule has 0 aromatic carbocycles. The summed E-state index contributed by atoms with van der Waals surface area (Å²) in [6, 6.07) is 1.39. The maximum Gasteiger partial charge on any atom is 0.180 e. The number of rotatable bonds is 3. The molecule has 0 radical (unpaired) electrons. The van der Waals surface area contributed by atoms with Gasteiger partial charge in [-0.1, -0.05) is 0 Å². The highest BCUT2D eigenvalue weighted by Gasteiger charge is 2.40. The van der Waals surface area contributed by atoms with Crippen LogP contribution >= 0.6 is 11.3 Å². The van der Waals surface area contributed by atoms with Gasteiger partial charge in [0.15, 0.2) is 5.13 Å². The first-order chi connectivity index (χ1) is 8.26. The van der Waals surface area contributed by atoms with E-state index < -0.39 is 0 Å². The molecule has 3 rings (SSSR count). The van der Waals surface area contributed by atoms with Crippen LogP contribution in [0.25, 0.3) is 0 Å². The Morgan fingerprint density at radius 3 is 2.71 bits per heavy atom. The Bertz CT molecular complexity index is 381. The summed E-state index contributed by atoms with van der Waals surface area (Å²) in [5, 5.41) is 0.680. The average molecular weight is 253 g/mol. The molecule has 0 aliphatic carbocycles. The highest BCUT2D eigenvalue weighted by molar-refractivity contribution is 7.15. The van der Waals surface area contributed by atoms with Gasteiger partial charge < -0.3 is 10.5 Å². The first-order valence-corrected chi connectivity index (χ1v) is 7.06. The van der Waals surface area contributed by atoms with E-state index >= 15 is 0 Å². The fraction of sp³-hybridized carbons (Fsp3) is 0.750. The lowest BCUT2D eigenvalue weighted by atomic mass is 10.00. The van der Waals surface area contributed by atoms with E-state index in [0.29, 0.717) is 23.3 Å². The number of nitrogens with zero attached hydrogens (tertiary/aromatic N) is 2. The second-order valence-corrected chi connectivity index (χ2v) is 6.20. The van der Waals surface area contributed by atoms with Gasteiger partial charge in [-0.15, -0.1) is 11.3 Å². The molecule has 5 heteroatoms. The molecule has 94 valence electrons. The molecule has 1 unspecified atom stereocenters. The van der Waals surface area contributed by atoms with Crippen molar-refractivity contribution in [1.29, 1.82) is 0 Å². The quantitative estimate of drug-likeness (QED) is 0.893. The molecule has 2 aliphatic rings. The van der Waals surface area contributed by atoms with Gasteiger partial charge in [-0.25, -0.2) is 4.98 Å². The Hall–Kier alpha value is -0.650. The number of aromatic nitrogens is 1. The van der Waals surface area contributed by atoms with Crippen LogP contribution in [-0.2, 0) is 11.3 Å². The topological polar surface area (TPSA) is 51.4 Å². The van der Waals surface area contributed by atoms with Crippen molar-refractivity contribution < 1.29 is 4.74 Å². The summed E-state index contributed by atoms with van der Waals surface area (Å²) in [7, 11) is 1.84. The van der Waals surface area contributed by atoms with Gasteiger partial charge in [0, 0.05) is 36.8 Å². The van der Waals surface area contributed by atoms with Crippen molar-refractivity contribution in [2.24, 2.45) is 0 Å². The summed E-state index contributed by atoms with van der Waals surface area (Å²) in [4.78, 5) is 8.04. The van der Waals surface area contributed by atoms with Gasteiger partial charge in [-0.05, 0) is 25.7 Å². The van der Waals surface area contributed by atoms with Crippen LogP contribution in [0.2, 0.25) is 0 Å². The van der Waals surface area contributed by atoms with Crippen LogP contribution in [0.1, 0.15) is 30.6 Å². The number of hydrogen-bond acceptors (Lipinski definition) is 5. The lowest BCUT2D eigenvalue weighted by Gasteiger charge is -2.38. The molecule has 2 bridgehead atoms. The molecule has 17 heavy (non-hydrogen) atoms. The molecule has 3 atom stereocenters. The van der Waals surface area contributed by atoms with Crippen LogP contribution < -0.4 is 5.73 Å². The van der Waals surface area contributed by atoms with E-state index in [9.17, 15) is 0 Å². The van der Waals surface area contributed by atoms with Gasteiger partial charge in [0.05, 0.1) is 6.10 Å². The smallest absolute Gasteiger partial charge is 0.180 e. The number of ether oxygens (including phenoxy) is 1. The van der Waals surface area contributed by atoms with Gasteiger partial charge in [0.2, 0.25) is 0 Å². The Labute approximate surface area is 106 Å². The summed E-state index contributed by atoms with van der Waals surface area (Å²) < 4.78 is 5.52. The molecule has 1 aromatic heterocycles. The van der Waals surface area contributed by atoms with E-state index in [0.717, 1.165) is 6.54 Å². The predicted octanol–water partition coefficient (Wildman–Crippen LogP) is 1.87. The maximum absolute atomic E-state index is 5.68. The van der Waals surface area contributed by atoms with E-state index in [1.807, 2.05) is 13.3 Å². The number of nitrogens with two attached hydrogens (primary N) is 1. The van der Waals surface area contributed by atoms with Gasteiger partial charge in [-0.2, -0.15) is 0 Å². The number of piperidine rings is 1. The third-order valence-electron chi connectivity index (χ3n) is 4.08. The van der Waals surface area contributed by atoms with Crippen molar-refractivity contribution in [2.75, 3.05) is 12.8 Å². The van der Waals surface area contributed by atoms with Gasteiger partial charge >= 0.3 is 0 Å². The molecular weight excluding hydrogens is 234 g/mol. The van der Waals surface area contributed by atoms with Crippen LogP contribution in [0.4, 0.5) is 5.13 Å². The van der Waals surface area contributed by atoms with Crippen molar-refractivity contribution in [2.45, 2.75) is 50.4 Å². The van der Waals surface area contributed by atoms with Crippen molar-refractivity contribution in [3.63, 3.8) is 0 Å². The van der Waals surface area contributed by atoms with Crippen LogP contribution in [0, 0.1) is 0 Å². The fourth-order valence-corrected chi connectivity index (χ4v) is 3.94. The summed E-state index contributed by atoms with van der Waals surface area (Å²) in [5.74, 6) is 0. The molecule has 0 amide bonds. The molecule has 2 N–H and O–H groups in total. The van der Waals surface area contributed by atoms with E-state index in [1.165, 1.54) is 30.6 Å². The largest absolute Gasteiger partial charge is 0.381 e. The van der Waals surface area contributed by atoms with Gasteiger partial charge in [-0.3, -0.25) is 4.90 Å². The fourth-order valence-electron chi connectivity index (χ4n) is 3.25. The van der Waals surface area contributed by atoms with Crippen LogP contribution in [0.5, 0.6) is 0 Å². The Morgan fingerprint density at radius 1 is 1.47 bits per heavy atom. The summed E-state index contributed by atoms with van der Waals surface area (Å²) in [6.45, 7) is 1.01. The Balaban J connectivity index is 1.69. The molecule has 2 aliphatic heterocycles. The van der Waals surface area contributed by atoms with Crippen molar-refractivity contribution >= 4 is 16.5 Å². The van der Waals surface area contributed by atoms with E-state index in [4.69, 9.17) is 10.5 Å². The lowest BCUT2D eigenvalue weighted by molar-refractivity contribution is 0.00288. The van der Waals surface area contributed by atoms with Crippen molar-refractivity contribution in [3.05, 3.63) is 11.1 Å². The molecule has 2 saturated heterocycles. The first-order valence-electron chi connectivity index (χ1n) is 6.25. The SMILES string of the molecule is COC1C[C@H]2CC[C@@H](C1)N2Cc1cnc(N)s1. The van der Waals surface area contributed by atoms with Crippen LogP contribution in [-0.4, -0.2) is 35.2 Å². The van der Waals surface area contributed by atoms with Gasteiger partial charge in [0.25, 0.3) is 0 Å². The molecular formula is C12H19N3OS. The number of fused-ring (bicyclic) bond motifs is 2. The number of hydrogen-bond donors (Lipinski definition) is 1. The zero-order valence-electron chi connectivity index (χ0n) is 10.1. The Morgan fingerprint density at radius 2 is 2.18 bits per heavy atom. The highest BCUT2D eigenvalue weighted by atomic mass is 32.1. The highest BCUT2D eigenvalue weighted by Crippen LogP contribution is 2.38. The van der Waals surface area contributed by atoms with Crippen molar-refractivity contribution in [1.82, 2.24) is 9.88 Å². The molecule has 3 heterocycles. The van der Waals surface area contributed by atoms with E-state index in [2.05, 4.69) is 9.88 Å². The molecule has 1 aromatic rings. The molecule has 2 fully saturated rings. The standard InChI is InChI=1S/C12H19N3OS/c1-16-10-4-8-2-3-9(5-10)15(8)7-11-6-14-12(13)17-11/h6,8-10H,2-5,7H2,1H3,(H2,13,14)/t8-,9+,10?.